The normalized spacial score (nSPS) is 15.0. The van der Waals surface area contributed by atoms with Crippen LogP contribution in [0.5, 0.6) is 5.75 Å². The van der Waals surface area contributed by atoms with Gasteiger partial charge in [0, 0.05) is 11.1 Å². The second-order valence-corrected chi connectivity index (χ2v) is 7.42. The Morgan fingerprint density at radius 3 is 2.57 bits per heavy atom. The third-order valence-electron chi connectivity index (χ3n) is 5.37. The van der Waals surface area contributed by atoms with E-state index in [0.717, 1.165) is 45.2 Å². The number of esters is 1. The summed E-state index contributed by atoms with van der Waals surface area (Å²) >= 11 is 0. The molecule has 2 aromatic carbocycles. The van der Waals surface area contributed by atoms with Crippen LogP contribution in [-0.2, 0) is 9.53 Å². The molecule has 4 rings (SSSR count). The van der Waals surface area contributed by atoms with Crippen LogP contribution in [0.3, 0.4) is 0 Å². The number of rotatable bonds is 4. The van der Waals surface area contributed by atoms with Gasteiger partial charge in [0.25, 0.3) is 0 Å². The first-order chi connectivity index (χ1) is 14.4. The van der Waals surface area contributed by atoms with Crippen molar-refractivity contribution in [3.63, 3.8) is 0 Å². The van der Waals surface area contributed by atoms with Crippen molar-refractivity contribution in [1.82, 2.24) is 14.8 Å². The molecule has 0 amide bonds. The first-order valence-electron chi connectivity index (χ1n) is 9.76. The fourth-order valence-electron chi connectivity index (χ4n) is 3.79. The Bertz CT molecular complexity index is 1160. The number of hydrogen-bond donors (Lipinski definition) is 0. The molecule has 1 atom stereocenters. The van der Waals surface area contributed by atoms with Crippen molar-refractivity contribution in [3.05, 3.63) is 70.3 Å². The summed E-state index contributed by atoms with van der Waals surface area (Å²) in [5.41, 5.74) is 5.84. The quantitative estimate of drug-likeness (QED) is 0.620. The molecule has 7 nitrogen and oxygen atoms in total. The second-order valence-electron chi connectivity index (χ2n) is 7.42. The van der Waals surface area contributed by atoms with Crippen LogP contribution in [0, 0.1) is 20.8 Å². The van der Waals surface area contributed by atoms with Crippen molar-refractivity contribution in [1.29, 1.82) is 0 Å². The van der Waals surface area contributed by atoms with E-state index in [1.54, 1.807) is 7.11 Å². The van der Waals surface area contributed by atoms with Gasteiger partial charge in [-0.25, -0.2) is 0 Å². The second kappa shape index (κ2) is 7.74. The van der Waals surface area contributed by atoms with E-state index in [0.29, 0.717) is 5.82 Å². The van der Waals surface area contributed by atoms with Gasteiger partial charge in [-0.2, -0.15) is 0 Å². The molecule has 3 aromatic rings. The van der Waals surface area contributed by atoms with Crippen molar-refractivity contribution in [2.45, 2.75) is 33.2 Å². The number of hydrogen-bond acceptors (Lipinski definition) is 6. The zero-order valence-electron chi connectivity index (χ0n) is 17.8. The molecule has 2 heterocycles. The highest BCUT2D eigenvalue weighted by molar-refractivity contribution is 6.16. The third-order valence-corrected chi connectivity index (χ3v) is 5.37. The summed E-state index contributed by atoms with van der Waals surface area (Å²) in [6, 6.07) is 11.6. The highest BCUT2D eigenvalue weighted by Gasteiger charge is 2.30. The van der Waals surface area contributed by atoms with Gasteiger partial charge in [-0.15, -0.1) is 10.2 Å². The third kappa shape index (κ3) is 3.36. The summed E-state index contributed by atoms with van der Waals surface area (Å²) in [6.45, 7) is 6.00. The highest BCUT2D eigenvalue weighted by atomic mass is 16.5. The van der Waals surface area contributed by atoms with Gasteiger partial charge in [-0.05, 0) is 50.6 Å². The fourth-order valence-corrected chi connectivity index (χ4v) is 3.79. The molecule has 30 heavy (non-hydrogen) atoms. The molecule has 0 radical (unpaired) electrons. The largest absolute Gasteiger partial charge is 0.497 e. The maximum atomic E-state index is 12.2. The number of aromatic nitrogens is 3. The predicted octanol–water partition coefficient (Wildman–Crippen LogP) is 3.66. The number of methoxy groups -OCH3 is 2. The lowest BCUT2D eigenvalue weighted by molar-refractivity contribution is -0.141. The molecule has 1 aliphatic rings. The highest BCUT2D eigenvalue weighted by Crippen LogP contribution is 2.35. The van der Waals surface area contributed by atoms with E-state index < -0.39 is 6.04 Å². The molecule has 0 saturated heterocycles. The maximum Gasteiger partial charge on any atom is 0.308 e. The lowest BCUT2D eigenvalue weighted by Crippen LogP contribution is -2.12. The molecule has 0 saturated carbocycles. The fraction of sp³-hybridized carbons (Fsp3) is 0.304. The Labute approximate surface area is 175 Å². The van der Waals surface area contributed by atoms with Crippen LogP contribution in [0.1, 0.15) is 46.4 Å². The summed E-state index contributed by atoms with van der Waals surface area (Å²) in [6.07, 6.45) is 0.0775. The number of fused-ring (bicyclic) bond motifs is 3. The number of carbonyl (C=O) groups is 1. The molecule has 154 valence electrons. The van der Waals surface area contributed by atoms with Crippen LogP contribution in [0.2, 0.25) is 0 Å². The van der Waals surface area contributed by atoms with Crippen LogP contribution in [0.4, 0.5) is 0 Å². The number of ether oxygens (including phenoxy) is 2. The molecule has 1 aromatic heterocycles. The average Bonchev–Trinajstić information content (AvgIpc) is 3.07. The SMILES string of the molecule is COC(=O)CC1N=C(c2cc(C)ccc2C)c2cc(OC)ccc2-n2c(C)nnc21. The monoisotopic (exact) mass is 404 g/mol. The van der Waals surface area contributed by atoms with E-state index in [4.69, 9.17) is 14.5 Å². The Morgan fingerprint density at radius 2 is 1.83 bits per heavy atom. The standard InChI is InChI=1S/C23H24N4O3/c1-13-6-7-14(2)17(10-13)22-18-11-16(29-4)8-9-20(18)27-15(3)25-26-23(27)19(24-22)12-21(28)30-5/h6-11,19H,12H2,1-5H3. The van der Waals surface area contributed by atoms with Gasteiger partial charge >= 0.3 is 5.97 Å². The first kappa shape index (κ1) is 19.8. The number of nitrogens with zero attached hydrogens (tertiary/aromatic N) is 4. The zero-order chi connectivity index (χ0) is 21.4. The topological polar surface area (TPSA) is 78.6 Å². The van der Waals surface area contributed by atoms with Crippen LogP contribution in [0.15, 0.2) is 41.4 Å². The Hall–Kier alpha value is -3.48. The van der Waals surface area contributed by atoms with E-state index in [-0.39, 0.29) is 12.4 Å². The molecule has 0 aliphatic carbocycles. The Kier molecular flexibility index (Phi) is 5.11. The van der Waals surface area contributed by atoms with Crippen molar-refractivity contribution in [2.24, 2.45) is 4.99 Å². The van der Waals surface area contributed by atoms with Crippen LogP contribution in [-0.4, -0.2) is 40.7 Å². The van der Waals surface area contributed by atoms with E-state index in [2.05, 4.69) is 42.2 Å². The number of carbonyl (C=O) groups excluding carboxylic acids is 1. The van der Waals surface area contributed by atoms with Crippen LogP contribution >= 0.6 is 0 Å². The van der Waals surface area contributed by atoms with Crippen molar-refractivity contribution in [3.8, 4) is 11.4 Å². The lowest BCUT2D eigenvalue weighted by Gasteiger charge is -2.15. The average molecular weight is 404 g/mol. The number of aryl methyl sites for hydroxylation is 3. The molecule has 0 fully saturated rings. The van der Waals surface area contributed by atoms with Gasteiger partial charge in [-0.3, -0.25) is 14.4 Å². The molecular formula is C23H24N4O3. The van der Waals surface area contributed by atoms with Gasteiger partial charge in [0.2, 0.25) is 0 Å². The van der Waals surface area contributed by atoms with Gasteiger partial charge in [0.05, 0.1) is 32.0 Å². The van der Waals surface area contributed by atoms with Crippen LogP contribution < -0.4 is 4.74 Å². The molecule has 1 unspecified atom stereocenters. The van der Waals surface area contributed by atoms with Crippen molar-refractivity contribution in [2.75, 3.05) is 14.2 Å². The van der Waals surface area contributed by atoms with Gasteiger partial charge < -0.3 is 9.47 Å². The predicted molar refractivity (Wildman–Crippen MR) is 114 cm³/mol. The summed E-state index contributed by atoms with van der Waals surface area (Å²) < 4.78 is 12.4. The summed E-state index contributed by atoms with van der Waals surface area (Å²) in [5, 5.41) is 8.62. The maximum absolute atomic E-state index is 12.2. The van der Waals surface area contributed by atoms with E-state index >= 15 is 0 Å². The van der Waals surface area contributed by atoms with E-state index in [9.17, 15) is 4.79 Å². The lowest BCUT2D eigenvalue weighted by atomic mass is 9.95. The molecule has 0 bridgehead atoms. The molecule has 7 heteroatoms. The molecule has 1 aliphatic heterocycles. The van der Waals surface area contributed by atoms with Gasteiger partial charge in [-0.1, -0.05) is 17.7 Å². The first-order valence-corrected chi connectivity index (χ1v) is 9.76. The Balaban J connectivity index is 2.04. The smallest absolute Gasteiger partial charge is 0.308 e. The molecule has 0 spiro atoms. The minimum absolute atomic E-state index is 0.0775. The minimum Gasteiger partial charge on any atom is -0.497 e. The minimum atomic E-state index is -0.521. The van der Waals surface area contributed by atoms with E-state index in [1.165, 1.54) is 7.11 Å². The van der Waals surface area contributed by atoms with Crippen LogP contribution in [0.25, 0.3) is 5.69 Å². The summed E-state index contributed by atoms with van der Waals surface area (Å²) in [7, 11) is 3.02. The Morgan fingerprint density at radius 1 is 1.03 bits per heavy atom. The van der Waals surface area contributed by atoms with Gasteiger partial charge in [0.15, 0.2) is 5.82 Å². The zero-order valence-corrected chi connectivity index (χ0v) is 17.8. The van der Waals surface area contributed by atoms with Crippen molar-refractivity contribution >= 4 is 11.7 Å². The van der Waals surface area contributed by atoms with Crippen molar-refractivity contribution < 1.29 is 14.3 Å². The molecular weight excluding hydrogens is 380 g/mol. The number of benzene rings is 2. The van der Waals surface area contributed by atoms with E-state index in [1.807, 2.05) is 29.7 Å². The number of aliphatic imine (C=N–C) groups is 1. The van der Waals surface area contributed by atoms with Gasteiger partial charge in [0.1, 0.15) is 17.6 Å². The summed E-state index contributed by atoms with van der Waals surface area (Å²) in [5.74, 6) is 1.72. The summed E-state index contributed by atoms with van der Waals surface area (Å²) in [4.78, 5) is 17.2. The molecule has 0 N–H and O–H groups in total.